The van der Waals surface area contributed by atoms with Gasteiger partial charge in [-0.25, -0.2) is 9.18 Å². The third-order valence-electron chi connectivity index (χ3n) is 7.20. The molecule has 0 heterocycles. The van der Waals surface area contributed by atoms with Crippen molar-refractivity contribution in [3.8, 4) is 0 Å². The highest BCUT2D eigenvalue weighted by Gasteiger charge is 2.29. The molecule has 0 aliphatic rings. The molecule has 0 saturated carbocycles. The summed E-state index contributed by atoms with van der Waals surface area (Å²) in [5, 5.41) is 7.70. The number of amides is 3. The van der Waals surface area contributed by atoms with Gasteiger partial charge in [-0.1, -0.05) is 56.3 Å². The van der Waals surface area contributed by atoms with Crippen molar-refractivity contribution in [1.29, 1.82) is 0 Å². The first-order chi connectivity index (χ1) is 22.6. The minimum atomic E-state index is -1.13. The molecule has 0 aliphatic carbocycles. The molecule has 12 heteroatoms. The lowest BCUT2D eigenvalue weighted by molar-refractivity contribution is -0.148. The van der Waals surface area contributed by atoms with Crippen LogP contribution < -0.4 is 16.0 Å². The van der Waals surface area contributed by atoms with Gasteiger partial charge in [-0.2, -0.15) is 0 Å². The Kier molecular flexibility index (Phi) is 15.9. The van der Waals surface area contributed by atoms with E-state index in [1.165, 1.54) is 31.4 Å². The summed E-state index contributed by atoms with van der Waals surface area (Å²) in [5.74, 6) is -3.45. The number of nitrogens with one attached hydrogen (secondary N) is 3. The van der Waals surface area contributed by atoms with Gasteiger partial charge in [0.15, 0.2) is 11.6 Å². The van der Waals surface area contributed by atoms with E-state index in [2.05, 4.69) is 16.0 Å². The van der Waals surface area contributed by atoms with Crippen LogP contribution in [0.3, 0.4) is 0 Å². The first-order valence-corrected chi connectivity index (χ1v) is 16.0. The Morgan fingerprint density at radius 3 is 2.00 bits per heavy atom. The van der Waals surface area contributed by atoms with Crippen molar-refractivity contribution in [1.82, 2.24) is 16.0 Å². The van der Waals surface area contributed by atoms with Crippen LogP contribution in [0.25, 0.3) is 0 Å². The maximum absolute atomic E-state index is 13.4. The lowest BCUT2D eigenvalue weighted by Crippen LogP contribution is -2.50. The van der Waals surface area contributed by atoms with E-state index >= 15 is 0 Å². The number of carbonyl (C=O) groups excluding carboxylic acids is 6. The van der Waals surface area contributed by atoms with Gasteiger partial charge in [-0.15, -0.1) is 0 Å². The lowest BCUT2D eigenvalue weighted by atomic mass is 9.89. The van der Waals surface area contributed by atoms with Crippen LogP contribution in [0, 0.1) is 17.7 Å². The van der Waals surface area contributed by atoms with Crippen molar-refractivity contribution >= 4 is 35.4 Å². The minimum absolute atomic E-state index is 0.00673. The zero-order valence-corrected chi connectivity index (χ0v) is 28.6. The van der Waals surface area contributed by atoms with Gasteiger partial charge in [0.2, 0.25) is 11.8 Å². The molecule has 3 atom stereocenters. The molecule has 0 saturated heterocycles. The molecular formula is C36H48FN3O8. The second-order valence-corrected chi connectivity index (χ2v) is 13.1. The second-order valence-electron chi connectivity index (χ2n) is 13.1. The van der Waals surface area contributed by atoms with Gasteiger partial charge in [-0.3, -0.25) is 24.0 Å². The van der Waals surface area contributed by atoms with Gasteiger partial charge in [0.1, 0.15) is 17.5 Å². The first-order valence-electron chi connectivity index (χ1n) is 16.0. The third kappa shape index (κ3) is 15.3. The van der Waals surface area contributed by atoms with Crippen LogP contribution in [-0.2, 0) is 46.3 Å². The number of rotatable bonds is 18. The minimum Gasteiger partial charge on any atom is -0.469 e. The van der Waals surface area contributed by atoms with Crippen LogP contribution in [0.2, 0.25) is 0 Å². The predicted molar refractivity (Wildman–Crippen MR) is 177 cm³/mol. The SMILES string of the molecule is COC(=O)[C@@H](CC(=O)[C@H](Cc1ccccc1)NC(=O)CCC(=O)CNC(=O)[C@H](Cc1ccc(F)cc1)NC(=O)OC(C)(C)C)CC(C)C. The number of alkyl carbamates (subject to hydrolysis) is 1. The first kappa shape index (κ1) is 39.6. The molecule has 0 bridgehead atoms. The summed E-state index contributed by atoms with van der Waals surface area (Å²) in [6.07, 6.45) is -0.757. The summed E-state index contributed by atoms with van der Waals surface area (Å²) in [7, 11) is 1.27. The number of esters is 1. The second kappa shape index (κ2) is 19.3. The Hall–Kier alpha value is -4.61. The summed E-state index contributed by atoms with van der Waals surface area (Å²) in [6, 6.07) is 12.5. The van der Waals surface area contributed by atoms with Crippen LogP contribution in [0.15, 0.2) is 54.6 Å². The number of ether oxygens (including phenoxy) is 2. The van der Waals surface area contributed by atoms with Crippen molar-refractivity contribution in [2.24, 2.45) is 11.8 Å². The van der Waals surface area contributed by atoms with Crippen LogP contribution in [0.5, 0.6) is 0 Å². The van der Waals surface area contributed by atoms with Gasteiger partial charge in [-0.05, 0) is 62.8 Å². The van der Waals surface area contributed by atoms with Crippen molar-refractivity contribution in [3.05, 3.63) is 71.5 Å². The molecule has 2 rings (SSSR count). The van der Waals surface area contributed by atoms with Crippen LogP contribution >= 0.6 is 0 Å². The van der Waals surface area contributed by atoms with Crippen molar-refractivity contribution in [3.63, 3.8) is 0 Å². The highest BCUT2D eigenvalue weighted by molar-refractivity contribution is 5.94. The average Bonchev–Trinajstić information content (AvgIpc) is 3.01. The Morgan fingerprint density at radius 1 is 0.812 bits per heavy atom. The van der Waals surface area contributed by atoms with E-state index < -0.39 is 65.6 Å². The number of Topliss-reactive ketones (excluding diaryl/α,β-unsaturated/α-hetero) is 2. The van der Waals surface area contributed by atoms with Crippen LogP contribution in [0.1, 0.15) is 71.4 Å². The molecule has 0 radical (unpaired) electrons. The van der Waals surface area contributed by atoms with E-state index in [1.54, 1.807) is 20.8 Å². The maximum atomic E-state index is 13.4. The van der Waals surface area contributed by atoms with Gasteiger partial charge >= 0.3 is 12.1 Å². The normalized spacial score (nSPS) is 13.1. The van der Waals surface area contributed by atoms with E-state index in [9.17, 15) is 33.2 Å². The van der Waals surface area contributed by atoms with E-state index in [4.69, 9.17) is 9.47 Å². The van der Waals surface area contributed by atoms with Gasteiger partial charge < -0.3 is 25.4 Å². The molecule has 0 unspecified atom stereocenters. The van der Waals surface area contributed by atoms with Gasteiger partial charge in [0.05, 0.1) is 25.6 Å². The molecule has 11 nitrogen and oxygen atoms in total. The fourth-order valence-corrected chi connectivity index (χ4v) is 4.91. The van der Waals surface area contributed by atoms with Crippen molar-refractivity contribution in [2.45, 2.75) is 90.8 Å². The Balaban J connectivity index is 2.01. The maximum Gasteiger partial charge on any atom is 0.408 e. The fraction of sp³-hybridized carbons (Fsp3) is 0.500. The predicted octanol–water partition coefficient (Wildman–Crippen LogP) is 4.25. The molecule has 262 valence electrons. The molecule has 0 fully saturated rings. The number of benzene rings is 2. The van der Waals surface area contributed by atoms with E-state index in [-0.39, 0.29) is 43.8 Å². The summed E-state index contributed by atoms with van der Waals surface area (Å²) >= 11 is 0. The largest absolute Gasteiger partial charge is 0.469 e. The van der Waals surface area contributed by atoms with E-state index in [0.29, 0.717) is 12.0 Å². The van der Waals surface area contributed by atoms with E-state index in [0.717, 1.165) is 5.56 Å². The Morgan fingerprint density at radius 2 is 1.42 bits per heavy atom. The number of methoxy groups -OCH3 is 1. The average molecular weight is 670 g/mol. The number of hydrogen-bond acceptors (Lipinski definition) is 8. The molecule has 0 spiro atoms. The number of carbonyl (C=O) groups is 6. The standard InChI is InChI=1S/C36H48FN3O8/c1-23(2)18-26(34(45)47-6)21-31(42)29(19-24-10-8-7-9-11-24)39-32(43)17-16-28(41)22-38-33(44)30(40-35(46)48-36(3,4)5)20-25-12-14-27(37)15-13-25/h7-15,23,26,29-30H,16-22H2,1-6H3,(H,38,44)(H,39,43)(H,40,46)/t26-,29+,30+/m1/s1. The molecule has 2 aromatic carbocycles. The molecule has 2 aromatic rings. The summed E-state index contributed by atoms with van der Waals surface area (Å²) < 4.78 is 23.5. The van der Waals surface area contributed by atoms with E-state index in [1.807, 2.05) is 44.2 Å². The number of hydrogen-bond donors (Lipinski definition) is 3. The highest BCUT2D eigenvalue weighted by Crippen LogP contribution is 2.19. The zero-order chi connectivity index (χ0) is 35.9. The van der Waals surface area contributed by atoms with Crippen LogP contribution in [-0.4, -0.2) is 66.8 Å². The number of halogens is 1. The van der Waals surface area contributed by atoms with Gasteiger partial charge in [0.25, 0.3) is 0 Å². The zero-order valence-electron chi connectivity index (χ0n) is 28.6. The smallest absolute Gasteiger partial charge is 0.408 e. The third-order valence-corrected chi connectivity index (χ3v) is 7.20. The van der Waals surface area contributed by atoms with Crippen molar-refractivity contribution in [2.75, 3.05) is 13.7 Å². The monoisotopic (exact) mass is 669 g/mol. The Labute approximate surface area is 281 Å². The summed E-state index contributed by atoms with van der Waals surface area (Å²) in [4.78, 5) is 76.8. The van der Waals surface area contributed by atoms with Crippen LogP contribution in [0.4, 0.5) is 9.18 Å². The molecule has 0 aliphatic heterocycles. The highest BCUT2D eigenvalue weighted by atomic mass is 19.1. The van der Waals surface area contributed by atoms with Crippen molar-refractivity contribution < 1.29 is 42.6 Å². The molecular weight excluding hydrogens is 621 g/mol. The lowest BCUT2D eigenvalue weighted by Gasteiger charge is -2.23. The summed E-state index contributed by atoms with van der Waals surface area (Å²) in [5.41, 5.74) is 0.556. The summed E-state index contributed by atoms with van der Waals surface area (Å²) in [6.45, 7) is 8.47. The van der Waals surface area contributed by atoms with Gasteiger partial charge in [0, 0.05) is 25.7 Å². The molecule has 0 aromatic heterocycles. The Bertz CT molecular complexity index is 1390. The molecule has 48 heavy (non-hydrogen) atoms. The quantitative estimate of drug-likeness (QED) is 0.199. The molecule has 3 N–H and O–H groups in total. The molecule has 3 amide bonds. The topological polar surface area (TPSA) is 157 Å². The number of ketones is 2. The fourth-order valence-electron chi connectivity index (χ4n) is 4.91.